The van der Waals surface area contributed by atoms with Crippen LogP contribution in [-0.4, -0.2) is 50.8 Å². The van der Waals surface area contributed by atoms with E-state index in [9.17, 15) is 0 Å². The first kappa shape index (κ1) is 12.9. The van der Waals surface area contributed by atoms with Gasteiger partial charge in [-0.2, -0.15) is 0 Å². The zero-order chi connectivity index (χ0) is 11.3. The maximum absolute atomic E-state index is 5.16. The van der Waals surface area contributed by atoms with Crippen molar-refractivity contribution in [1.29, 1.82) is 0 Å². The molecule has 0 aromatic carbocycles. The molecule has 0 amide bonds. The Labute approximate surface area is 94.2 Å². The topological polar surface area (TPSA) is 24.5 Å². The number of methoxy groups -OCH3 is 1. The molecular formula is C12H26N2O. The highest BCUT2D eigenvalue weighted by Gasteiger charge is 2.25. The SMILES string of the molecule is COCCC(C)(C)CN1CCNCC1C. The zero-order valence-electron chi connectivity index (χ0n) is 10.7. The summed E-state index contributed by atoms with van der Waals surface area (Å²) in [6.45, 7) is 12.5. The highest BCUT2D eigenvalue weighted by molar-refractivity contribution is 4.81. The number of ether oxygens (including phenoxy) is 1. The quantitative estimate of drug-likeness (QED) is 0.747. The zero-order valence-corrected chi connectivity index (χ0v) is 10.7. The van der Waals surface area contributed by atoms with Crippen molar-refractivity contribution in [2.75, 3.05) is 39.9 Å². The molecule has 1 aliphatic rings. The average Bonchev–Trinajstić information content (AvgIpc) is 2.18. The smallest absolute Gasteiger partial charge is 0.0467 e. The van der Waals surface area contributed by atoms with E-state index in [1.165, 1.54) is 13.1 Å². The summed E-state index contributed by atoms with van der Waals surface area (Å²) in [6, 6.07) is 0.667. The molecule has 0 aromatic rings. The van der Waals surface area contributed by atoms with Gasteiger partial charge in [0, 0.05) is 45.9 Å². The molecule has 1 rings (SSSR count). The molecule has 90 valence electrons. The van der Waals surface area contributed by atoms with E-state index in [2.05, 4.69) is 31.0 Å². The third-order valence-corrected chi connectivity index (χ3v) is 3.25. The van der Waals surface area contributed by atoms with E-state index in [0.717, 1.165) is 26.1 Å². The van der Waals surface area contributed by atoms with Crippen LogP contribution in [0.3, 0.4) is 0 Å². The molecule has 0 bridgehead atoms. The Morgan fingerprint density at radius 3 is 2.80 bits per heavy atom. The minimum Gasteiger partial charge on any atom is -0.385 e. The monoisotopic (exact) mass is 214 g/mol. The fourth-order valence-corrected chi connectivity index (χ4v) is 2.13. The van der Waals surface area contributed by atoms with Crippen LogP contribution < -0.4 is 5.32 Å². The van der Waals surface area contributed by atoms with Gasteiger partial charge in [0.25, 0.3) is 0 Å². The molecule has 0 aliphatic carbocycles. The number of hydrogen-bond acceptors (Lipinski definition) is 3. The first-order chi connectivity index (χ1) is 7.05. The lowest BCUT2D eigenvalue weighted by Crippen LogP contribution is -2.52. The predicted octanol–water partition coefficient (Wildman–Crippen LogP) is 1.34. The van der Waals surface area contributed by atoms with E-state index >= 15 is 0 Å². The maximum atomic E-state index is 5.16. The number of piperazine rings is 1. The van der Waals surface area contributed by atoms with Gasteiger partial charge in [0.1, 0.15) is 0 Å². The van der Waals surface area contributed by atoms with Crippen LogP contribution in [0.4, 0.5) is 0 Å². The summed E-state index contributed by atoms with van der Waals surface area (Å²) in [5.41, 5.74) is 0.363. The highest BCUT2D eigenvalue weighted by Crippen LogP contribution is 2.23. The molecule has 0 spiro atoms. The number of rotatable bonds is 5. The second kappa shape index (κ2) is 5.83. The Balaban J connectivity index is 2.37. The number of nitrogens with one attached hydrogen (secondary N) is 1. The first-order valence-electron chi connectivity index (χ1n) is 5.99. The van der Waals surface area contributed by atoms with Gasteiger partial charge in [-0.25, -0.2) is 0 Å². The molecular weight excluding hydrogens is 188 g/mol. The summed E-state index contributed by atoms with van der Waals surface area (Å²) < 4.78 is 5.16. The summed E-state index contributed by atoms with van der Waals surface area (Å²) in [6.07, 6.45) is 1.14. The Hall–Kier alpha value is -0.120. The van der Waals surface area contributed by atoms with Crippen LogP contribution in [0.5, 0.6) is 0 Å². The van der Waals surface area contributed by atoms with Crippen molar-refractivity contribution in [3.63, 3.8) is 0 Å². The summed E-state index contributed by atoms with van der Waals surface area (Å²) in [5, 5.41) is 3.43. The van der Waals surface area contributed by atoms with Crippen molar-refractivity contribution in [3.05, 3.63) is 0 Å². The average molecular weight is 214 g/mol. The largest absolute Gasteiger partial charge is 0.385 e. The molecule has 3 nitrogen and oxygen atoms in total. The molecule has 1 saturated heterocycles. The van der Waals surface area contributed by atoms with Crippen molar-refractivity contribution in [3.8, 4) is 0 Å². The molecule has 1 fully saturated rings. The van der Waals surface area contributed by atoms with Crippen LogP contribution in [0.15, 0.2) is 0 Å². The van der Waals surface area contributed by atoms with Crippen molar-refractivity contribution >= 4 is 0 Å². The Morgan fingerprint density at radius 1 is 1.47 bits per heavy atom. The molecule has 0 saturated carbocycles. The Morgan fingerprint density at radius 2 is 2.20 bits per heavy atom. The first-order valence-corrected chi connectivity index (χ1v) is 5.99. The van der Waals surface area contributed by atoms with Gasteiger partial charge in [-0.15, -0.1) is 0 Å². The molecule has 15 heavy (non-hydrogen) atoms. The van der Waals surface area contributed by atoms with E-state index < -0.39 is 0 Å². The van der Waals surface area contributed by atoms with Crippen molar-refractivity contribution < 1.29 is 4.74 Å². The molecule has 1 N–H and O–H groups in total. The maximum Gasteiger partial charge on any atom is 0.0467 e. The molecule has 1 heterocycles. The predicted molar refractivity (Wildman–Crippen MR) is 64.2 cm³/mol. The van der Waals surface area contributed by atoms with Crippen LogP contribution in [-0.2, 0) is 4.74 Å². The highest BCUT2D eigenvalue weighted by atomic mass is 16.5. The van der Waals surface area contributed by atoms with Crippen molar-refractivity contribution in [1.82, 2.24) is 10.2 Å². The molecule has 1 aliphatic heterocycles. The lowest BCUT2D eigenvalue weighted by molar-refractivity contribution is 0.0853. The molecule has 3 heteroatoms. The van der Waals surface area contributed by atoms with Gasteiger partial charge in [-0.05, 0) is 18.8 Å². The van der Waals surface area contributed by atoms with Gasteiger partial charge in [0.15, 0.2) is 0 Å². The van der Waals surface area contributed by atoms with Crippen molar-refractivity contribution in [2.24, 2.45) is 5.41 Å². The van der Waals surface area contributed by atoms with Crippen LogP contribution >= 0.6 is 0 Å². The van der Waals surface area contributed by atoms with Crippen LogP contribution in [0.25, 0.3) is 0 Å². The van der Waals surface area contributed by atoms with Gasteiger partial charge in [0.05, 0.1) is 0 Å². The third kappa shape index (κ3) is 4.49. The molecule has 1 atom stereocenters. The lowest BCUT2D eigenvalue weighted by Gasteiger charge is -2.39. The van der Waals surface area contributed by atoms with Gasteiger partial charge in [0.2, 0.25) is 0 Å². The van der Waals surface area contributed by atoms with E-state index in [0.29, 0.717) is 11.5 Å². The third-order valence-electron chi connectivity index (χ3n) is 3.25. The van der Waals surface area contributed by atoms with E-state index in [1.807, 2.05) is 0 Å². The Bertz CT molecular complexity index is 182. The summed E-state index contributed by atoms with van der Waals surface area (Å²) in [5.74, 6) is 0. The molecule has 0 aromatic heterocycles. The van der Waals surface area contributed by atoms with Gasteiger partial charge >= 0.3 is 0 Å². The second-order valence-corrected chi connectivity index (χ2v) is 5.43. The van der Waals surface area contributed by atoms with Crippen LogP contribution in [0.1, 0.15) is 27.2 Å². The number of hydrogen-bond donors (Lipinski definition) is 1. The van der Waals surface area contributed by atoms with E-state index in [-0.39, 0.29) is 0 Å². The second-order valence-electron chi connectivity index (χ2n) is 5.43. The van der Waals surface area contributed by atoms with E-state index in [1.54, 1.807) is 7.11 Å². The minimum atomic E-state index is 0.363. The molecule has 0 radical (unpaired) electrons. The van der Waals surface area contributed by atoms with Gasteiger partial charge in [-0.3, -0.25) is 4.90 Å². The summed E-state index contributed by atoms with van der Waals surface area (Å²) in [4.78, 5) is 2.59. The normalized spacial score (nSPS) is 24.4. The standard InChI is InChI=1S/C12H26N2O/c1-11-9-13-6-7-14(11)10-12(2,3)5-8-15-4/h11,13H,5-10H2,1-4H3. The fourth-order valence-electron chi connectivity index (χ4n) is 2.13. The minimum absolute atomic E-state index is 0.363. The lowest BCUT2D eigenvalue weighted by atomic mass is 9.88. The summed E-state index contributed by atoms with van der Waals surface area (Å²) >= 11 is 0. The fraction of sp³-hybridized carbons (Fsp3) is 1.00. The van der Waals surface area contributed by atoms with Crippen molar-refractivity contribution in [2.45, 2.75) is 33.2 Å². The van der Waals surface area contributed by atoms with Gasteiger partial charge in [-0.1, -0.05) is 13.8 Å². The van der Waals surface area contributed by atoms with Crippen LogP contribution in [0.2, 0.25) is 0 Å². The Kier molecular flexibility index (Phi) is 5.03. The number of nitrogens with zero attached hydrogens (tertiary/aromatic N) is 1. The van der Waals surface area contributed by atoms with Crippen LogP contribution in [0, 0.1) is 5.41 Å². The van der Waals surface area contributed by atoms with Gasteiger partial charge < -0.3 is 10.1 Å². The van der Waals surface area contributed by atoms with E-state index in [4.69, 9.17) is 4.74 Å². The molecule has 1 unspecified atom stereocenters. The summed E-state index contributed by atoms with van der Waals surface area (Å²) in [7, 11) is 1.78.